The molecule has 0 atom stereocenters. The lowest BCUT2D eigenvalue weighted by Crippen LogP contribution is -2.25. The van der Waals surface area contributed by atoms with E-state index in [1.807, 2.05) is 36.7 Å². The number of carbonyl (C=O) groups is 1. The molecule has 1 N–H and O–H groups in total. The highest BCUT2D eigenvalue weighted by Crippen LogP contribution is 2.23. The van der Waals surface area contributed by atoms with Crippen molar-refractivity contribution in [3.8, 4) is 11.7 Å². The van der Waals surface area contributed by atoms with Crippen molar-refractivity contribution in [2.75, 3.05) is 5.75 Å². The van der Waals surface area contributed by atoms with Gasteiger partial charge in [-0.1, -0.05) is 42.1 Å². The highest BCUT2D eigenvalue weighted by atomic mass is 32.2. The first kappa shape index (κ1) is 20.0. The third-order valence-electron chi connectivity index (χ3n) is 4.63. The summed E-state index contributed by atoms with van der Waals surface area (Å²) in [5.41, 5.74) is 4.17. The fraction of sp³-hybridized carbons (Fsp3) is 0.238. The second-order valence-electron chi connectivity index (χ2n) is 6.71. The molecule has 1 amide bonds. The molecular formula is C21H21N5O3S. The van der Waals surface area contributed by atoms with E-state index in [1.54, 1.807) is 12.1 Å². The average Bonchev–Trinajstić information content (AvgIpc) is 3.48. The molecule has 0 saturated heterocycles. The minimum atomic E-state index is -0.118. The third-order valence-corrected chi connectivity index (χ3v) is 5.45. The number of aryl methyl sites for hydroxylation is 1. The van der Waals surface area contributed by atoms with E-state index in [0.29, 0.717) is 30.0 Å². The van der Waals surface area contributed by atoms with Crippen LogP contribution in [0.2, 0.25) is 0 Å². The lowest BCUT2D eigenvalue weighted by atomic mass is 10.2. The number of furan rings is 1. The monoisotopic (exact) mass is 423 g/mol. The lowest BCUT2D eigenvalue weighted by Gasteiger charge is -2.07. The Balaban J connectivity index is 1.31. The Kier molecular flexibility index (Phi) is 5.99. The van der Waals surface area contributed by atoms with Crippen molar-refractivity contribution in [1.82, 2.24) is 25.3 Å². The van der Waals surface area contributed by atoms with Crippen LogP contribution in [0.1, 0.15) is 22.5 Å². The Bertz CT molecular complexity index is 1120. The van der Waals surface area contributed by atoms with E-state index in [-0.39, 0.29) is 11.7 Å². The highest BCUT2D eigenvalue weighted by Gasteiger charge is 2.15. The van der Waals surface area contributed by atoms with Gasteiger partial charge in [0, 0.05) is 17.8 Å². The molecule has 0 spiro atoms. The van der Waals surface area contributed by atoms with Crippen LogP contribution in [0.5, 0.6) is 0 Å². The first-order valence-electron chi connectivity index (χ1n) is 9.44. The fourth-order valence-corrected chi connectivity index (χ4v) is 3.63. The molecule has 0 aliphatic carbocycles. The van der Waals surface area contributed by atoms with E-state index in [4.69, 9.17) is 8.83 Å². The maximum absolute atomic E-state index is 12.3. The number of benzene rings is 1. The van der Waals surface area contributed by atoms with Gasteiger partial charge < -0.3 is 14.2 Å². The maximum Gasteiger partial charge on any atom is 0.284 e. The number of aromatic nitrogens is 4. The number of hydrogen-bond donors (Lipinski definition) is 1. The molecule has 0 bridgehead atoms. The molecule has 30 heavy (non-hydrogen) atoms. The van der Waals surface area contributed by atoms with Crippen molar-refractivity contribution in [2.45, 2.75) is 32.2 Å². The SMILES string of the molecule is Cc1nn(Cc2ccccc2)c(C)c1CNC(=O)CSc1nnc(-c2ccco2)o1. The topological polar surface area (TPSA) is 99.0 Å². The van der Waals surface area contributed by atoms with Gasteiger partial charge in [0.15, 0.2) is 5.76 Å². The Morgan fingerprint density at radius 2 is 1.97 bits per heavy atom. The van der Waals surface area contributed by atoms with Crippen molar-refractivity contribution in [3.05, 3.63) is 71.2 Å². The molecule has 4 rings (SSSR count). The molecule has 4 aromatic rings. The predicted octanol–water partition coefficient (Wildman–Crippen LogP) is 3.60. The minimum Gasteiger partial charge on any atom is -0.459 e. The summed E-state index contributed by atoms with van der Waals surface area (Å²) >= 11 is 1.18. The minimum absolute atomic E-state index is 0.118. The van der Waals surface area contributed by atoms with Crippen LogP contribution in [0, 0.1) is 13.8 Å². The summed E-state index contributed by atoms with van der Waals surface area (Å²) in [5.74, 6) is 0.848. The van der Waals surface area contributed by atoms with Gasteiger partial charge in [0.05, 0.1) is 24.3 Å². The second-order valence-corrected chi connectivity index (χ2v) is 7.64. The maximum atomic E-state index is 12.3. The van der Waals surface area contributed by atoms with Crippen LogP contribution < -0.4 is 5.32 Å². The van der Waals surface area contributed by atoms with Crippen LogP contribution in [0.4, 0.5) is 0 Å². The molecule has 0 fully saturated rings. The normalized spacial score (nSPS) is 11.0. The van der Waals surface area contributed by atoms with Crippen molar-refractivity contribution in [1.29, 1.82) is 0 Å². The van der Waals surface area contributed by atoms with E-state index < -0.39 is 0 Å². The standard InChI is InChI=1S/C21H21N5O3S/c1-14-17(15(2)26(25-14)12-16-7-4-3-5-8-16)11-22-19(27)13-30-21-24-23-20(29-21)18-9-6-10-28-18/h3-10H,11-13H2,1-2H3,(H,22,27). The number of nitrogens with one attached hydrogen (secondary N) is 1. The zero-order valence-corrected chi connectivity index (χ0v) is 17.5. The van der Waals surface area contributed by atoms with Crippen molar-refractivity contribution in [3.63, 3.8) is 0 Å². The highest BCUT2D eigenvalue weighted by molar-refractivity contribution is 7.99. The van der Waals surface area contributed by atoms with E-state index in [2.05, 4.69) is 32.7 Å². The molecule has 8 nitrogen and oxygen atoms in total. The lowest BCUT2D eigenvalue weighted by molar-refractivity contribution is -0.118. The first-order chi connectivity index (χ1) is 14.6. The van der Waals surface area contributed by atoms with Gasteiger partial charge >= 0.3 is 0 Å². The summed E-state index contributed by atoms with van der Waals surface area (Å²) in [7, 11) is 0. The second kappa shape index (κ2) is 9.00. The van der Waals surface area contributed by atoms with Gasteiger partial charge in [-0.15, -0.1) is 10.2 Å². The largest absolute Gasteiger partial charge is 0.459 e. The zero-order valence-electron chi connectivity index (χ0n) is 16.7. The smallest absolute Gasteiger partial charge is 0.284 e. The van der Waals surface area contributed by atoms with Crippen molar-refractivity contribution in [2.24, 2.45) is 0 Å². The number of rotatable bonds is 8. The summed E-state index contributed by atoms with van der Waals surface area (Å²) in [5, 5.41) is 15.7. The van der Waals surface area contributed by atoms with Crippen LogP contribution in [0.3, 0.4) is 0 Å². The van der Waals surface area contributed by atoms with Crippen LogP contribution >= 0.6 is 11.8 Å². The van der Waals surface area contributed by atoms with Crippen LogP contribution in [0.15, 0.2) is 62.8 Å². The van der Waals surface area contributed by atoms with Gasteiger partial charge in [-0.05, 0) is 31.5 Å². The molecule has 9 heteroatoms. The van der Waals surface area contributed by atoms with Crippen LogP contribution in [-0.2, 0) is 17.9 Å². The number of hydrogen-bond acceptors (Lipinski definition) is 7. The Morgan fingerprint density at radius 3 is 2.73 bits per heavy atom. The van der Waals surface area contributed by atoms with Gasteiger partial charge in [0.2, 0.25) is 5.91 Å². The van der Waals surface area contributed by atoms with Crippen molar-refractivity contribution >= 4 is 17.7 Å². The fourth-order valence-electron chi connectivity index (χ4n) is 3.03. The number of thioether (sulfide) groups is 1. The van der Waals surface area contributed by atoms with Gasteiger partial charge in [-0.25, -0.2) is 0 Å². The molecule has 0 aliphatic heterocycles. The van der Waals surface area contributed by atoms with Gasteiger partial charge in [0.25, 0.3) is 11.1 Å². The van der Waals surface area contributed by atoms with E-state index >= 15 is 0 Å². The molecule has 0 aliphatic rings. The summed E-state index contributed by atoms with van der Waals surface area (Å²) in [6.07, 6.45) is 1.53. The Labute approximate surface area is 177 Å². The number of amides is 1. The predicted molar refractivity (Wildman–Crippen MR) is 112 cm³/mol. The molecule has 0 unspecified atom stereocenters. The molecule has 1 aromatic carbocycles. The zero-order chi connectivity index (χ0) is 20.9. The van der Waals surface area contributed by atoms with Gasteiger partial charge in [-0.3, -0.25) is 9.48 Å². The quantitative estimate of drug-likeness (QED) is 0.432. The first-order valence-corrected chi connectivity index (χ1v) is 10.4. The molecule has 0 radical (unpaired) electrons. The number of nitrogens with zero attached hydrogens (tertiary/aromatic N) is 4. The molecule has 154 valence electrons. The van der Waals surface area contributed by atoms with Gasteiger partial charge in [-0.2, -0.15) is 5.10 Å². The van der Waals surface area contributed by atoms with E-state index in [0.717, 1.165) is 17.0 Å². The molecule has 3 aromatic heterocycles. The Morgan fingerprint density at radius 1 is 1.13 bits per heavy atom. The van der Waals surface area contributed by atoms with E-state index in [1.165, 1.54) is 23.6 Å². The summed E-state index contributed by atoms with van der Waals surface area (Å²) < 4.78 is 12.7. The Hall–Kier alpha value is -3.33. The average molecular weight is 423 g/mol. The summed E-state index contributed by atoms with van der Waals surface area (Å²) in [6.45, 7) is 5.10. The third kappa shape index (κ3) is 4.62. The molecular weight excluding hydrogens is 402 g/mol. The molecule has 3 heterocycles. The summed E-state index contributed by atoms with van der Waals surface area (Å²) in [6, 6.07) is 13.6. The molecule has 0 saturated carbocycles. The number of carbonyl (C=O) groups excluding carboxylic acids is 1. The van der Waals surface area contributed by atoms with Crippen molar-refractivity contribution < 1.29 is 13.6 Å². The van der Waals surface area contributed by atoms with Gasteiger partial charge in [0.1, 0.15) is 0 Å². The van der Waals surface area contributed by atoms with E-state index in [9.17, 15) is 4.79 Å². The summed E-state index contributed by atoms with van der Waals surface area (Å²) in [4.78, 5) is 12.3. The van der Waals surface area contributed by atoms with Crippen LogP contribution in [-0.4, -0.2) is 31.6 Å². The van der Waals surface area contributed by atoms with Crippen LogP contribution in [0.25, 0.3) is 11.7 Å².